The second-order valence-corrected chi connectivity index (χ2v) is 8.35. The molecule has 1 aliphatic rings. The number of fused-ring (bicyclic) bond motifs is 1. The molecule has 0 radical (unpaired) electrons. The lowest BCUT2D eigenvalue weighted by Gasteiger charge is -2.21. The van der Waals surface area contributed by atoms with Gasteiger partial charge in [-0.1, -0.05) is 23.7 Å². The Bertz CT molecular complexity index is 946. The van der Waals surface area contributed by atoms with Crippen LogP contribution in [-0.2, 0) is 21.2 Å². The van der Waals surface area contributed by atoms with Crippen LogP contribution in [0.3, 0.4) is 0 Å². The van der Waals surface area contributed by atoms with Crippen molar-refractivity contribution in [3.8, 4) is 0 Å². The van der Waals surface area contributed by atoms with Gasteiger partial charge in [-0.25, -0.2) is 13.6 Å². The number of carbonyl (C=O) groups excluding carboxylic acids is 1. The third-order valence-electron chi connectivity index (χ3n) is 4.43. The number of hydrogen-bond acceptors (Lipinski definition) is 4. The fraction of sp³-hybridized carbons (Fsp3) is 0.278. The van der Waals surface area contributed by atoms with E-state index in [-0.39, 0.29) is 23.4 Å². The Morgan fingerprint density at radius 3 is 2.77 bits per heavy atom. The van der Waals surface area contributed by atoms with Gasteiger partial charge in [-0.2, -0.15) is 0 Å². The molecule has 3 rings (SSSR count). The standard InChI is InChI=1S/C18H20ClN3O3S/c1-12(13-3-2-4-15(19)9-13)21-18(23)11-22-8-7-14-10-16(26(20,24)25)5-6-17(14)22/h2-6,9-10,12H,7-8,11H2,1H3,(H,21,23)(H2,20,24,25)/t12-/m1/s1. The van der Waals surface area contributed by atoms with Crippen LogP contribution < -0.4 is 15.4 Å². The number of primary sulfonamides is 1. The molecule has 2 aromatic carbocycles. The predicted molar refractivity (Wildman–Crippen MR) is 102 cm³/mol. The lowest BCUT2D eigenvalue weighted by Crippen LogP contribution is -2.37. The van der Waals surface area contributed by atoms with E-state index in [4.69, 9.17) is 16.7 Å². The molecule has 0 unspecified atom stereocenters. The number of nitrogens with zero attached hydrogens (tertiary/aromatic N) is 1. The number of nitrogens with one attached hydrogen (secondary N) is 1. The van der Waals surface area contributed by atoms with E-state index in [0.29, 0.717) is 18.0 Å². The third kappa shape index (κ3) is 4.17. The molecule has 0 aromatic heterocycles. The zero-order chi connectivity index (χ0) is 18.9. The van der Waals surface area contributed by atoms with Gasteiger partial charge in [0.1, 0.15) is 0 Å². The molecule has 1 heterocycles. The van der Waals surface area contributed by atoms with Crippen molar-refractivity contribution in [3.63, 3.8) is 0 Å². The quantitative estimate of drug-likeness (QED) is 0.814. The van der Waals surface area contributed by atoms with Crippen molar-refractivity contribution in [1.82, 2.24) is 5.32 Å². The molecule has 0 aliphatic carbocycles. The lowest BCUT2D eigenvalue weighted by atomic mass is 10.1. The molecule has 2 aromatic rings. The van der Waals surface area contributed by atoms with E-state index in [1.165, 1.54) is 6.07 Å². The maximum absolute atomic E-state index is 12.4. The van der Waals surface area contributed by atoms with Gasteiger partial charge in [0.25, 0.3) is 0 Å². The summed E-state index contributed by atoms with van der Waals surface area (Å²) in [6.45, 7) is 2.76. The molecule has 138 valence electrons. The summed E-state index contributed by atoms with van der Waals surface area (Å²) in [5.41, 5.74) is 2.68. The second-order valence-electron chi connectivity index (χ2n) is 6.35. The summed E-state index contributed by atoms with van der Waals surface area (Å²) in [6, 6.07) is 12.0. The predicted octanol–water partition coefficient (Wildman–Crippen LogP) is 2.23. The van der Waals surface area contributed by atoms with Gasteiger partial charge in [-0.05, 0) is 54.8 Å². The number of benzene rings is 2. The van der Waals surface area contributed by atoms with Gasteiger partial charge in [0.05, 0.1) is 17.5 Å². The summed E-state index contributed by atoms with van der Waals surface area (Å²) in [7, 11) is -3.72. The fourth-order valence-electron chi connectivity index (χ4n) is 3.11. The first-order valence-electron chi connectivity index (χ1n) is 8.19. The first kappa shape index (κ1) is 18.7. The molecule has 0 saturated heterocycles. The second kappa shape index (κ2) is 7.26. The van der Waals surface area contributed by atoms with Crippen molar-refractivity contribution < 1.29 is 13.2 Å². The van der Waals surface area contributed by atoms with Gasteiger partial charge in [0.2, 0.25) is 15.9 Å². The fourth-order valence-corrected chi connectivity index (χ4v) is 3.87. The molecule has 0 fully saturated rings. The number of nitrogens with two attached hydrogens (primary N) is 1. The van der Waals surface area contributed by atoms with Crippen molar-refractivity contribution in [2.75, 3.05) is 18.0 Å². The van der Waals surface area contributed by atoms with Crippen LogP contribution in [0.5, 0.6) is 0 Å². The van der Waals surface area contributed by atoms with Crippen LogP contribution in [0.4, 0.5) is 5.69 Å². The number of rotatable bonds is 5. The monoisotopic (exact) mass is 393 g/mol. The van der Waals surface area contributed by atoms with Crippen LogP contribution in [0.15, 0.2) is 47.4 Å². The molecule has 1 aliphatic heterocycles. The summed E-state index contributed by atoms with van der Waals surface area (Å²) >= 11 is 5.99. The normalized spacial score (nSPS) is 14.8. The van der Waals surface area contributed by atoms with E-state index in [0.717, 1.165) is 16.8 Å². The Kier molecular flexibility index (Phi) is 5.22. The van der Waals surface area contributed by atoms with Gasteiger partial charge in [0.15, 0.2) is 0 Å². The Morgan fingerprint density at radius 2 is 2.08 bits per heavy atom. The van der Waals surface area contributed by atoms with E-state index in [2.05, 4.69) is 5.32 Å². The van der Waals surface area contributed by atoms with E-state index < -0.39 is 10.0 Å². The molecule has 0 saturated carbocycles. The Balaban J connectivity index is 1.67. The van der Waals surface area contributed by atoms with E-state index >= 15 is 0 Å². The first-order valence-corrected chi connectivity index (χ1v) is 10.1. The maximum atomic E-state index is 12.4. The van der Waals surface area contributed by atoms with Gasteiger partial charge in [-0.15, -0.1) is 0 Å². The summed E-state index contributed by atoms with van der Waals surface area (Å²) in [5, 5.41) is 8.76. The molecular weight excluding hydrogens is 374 g/mol. The molecule has 6 nitrogen and oxygen atoms in total. The van der Waals surface area contributed by atoms with Crippen molar-refractivity contribution in [3.05, 3.63) is 58.6 Å². The number of carbonyl (C=O) groups is 1. The highest BCUT2D eigenvalue weighted by atomic mass is 35.5. The SMILES string of the molecule is C[C@@H](NC(=O)CN1CCc2cc(S(N)(=O)=O)ccc21)c1cccc(Cl)c1. The summed E-state index contributed by atoms with van der Waals surface area (Å²) in [5.74, 6) is -0.110. The van der Waals surface area contributed by atoms with Crippen LogP contribution in [-0.4, -0.2) is 27.4 Å². The van der Waals surface area contributed by atoms with E-state index in [1.807, 2.05) is 30.0 Å². The number of halogens is 1. The number of hydrogen-bond donors (Lipinski definition) is 2. The van der Waals surface area contributed by atoms with Crippen molar-refractivity contribution >= 4 is 33.2 Å². The van der Waals surface area contributed by atoms with Crippen molar-refractivity contribution in [2.45, 2.75) is 24.3 Å². The highest BCUT2D eigenvalue weighted by Gasteiger charge is 2.23. The van der Waals surface area contributed by atoms with Gasteiger partial charge in [0, 0.05) is 17.3 Å². The average molecular weight is 394 g/mol. The first-order chi connectivity index (χ1) is 12.2. The molecule has 0 bridgehead atoms. The van der Waals surface area contributed by atoms with Crippen molar-refractivity contribution in [2.24, 2.45) is 5.14 Å². The van der Waals surface area contributed by atoms with Crippen molar-refractivity contribution in [1.29, 1.82) is 0 Å². The third-order valence-corrected chi connectivity index (χ3v) is 5.58. The maximum Gasteiger partial charge on any atom is 0.239 e. The molecule has 0 spiro atoms. The van der Waals surface area contributed by atoms with E-state index in [9.17, 15) is 13.2 Å². The van der Waals surface area contributed by atoms with Crippen LogP contribution in [0.25, 0.3) is 0 Å². The molecule has 8 heteroatoms. The number of amides is 1. The topological polar surface area (TPSA) is 92.5 Å². The zero-order valence-corrected chi connectivity index (χ0v) is 15.8. The minimum atomic E-state index is -3.72. The number of sulfonamides is 1. The highest BCUT2D eigenvalue weighted by Crippen LogP contribution is 2.29. The minimum Gasteiger partial charge on any atom is -0.362 e. The summed E-state index contributed by atoms with van der Waals surface area (Å²) < 4.78 is 22.9. The lowest BCUT2D eigenvalue weighted by molar-refractivity contribution is -0.120. The summed E-state index contributed by atoms with van der Waals surface area (Å²) in [6.07, 6.45) is 0.676. The van der Waals surface area contributed by atoms with Gasteiger partial charge >= 0.3 is 0 Å². The Hall–Kier alpha value is -2.09. The summed E-state index contributed by atoms with van der Waals surface area (Å²) in [4.78, 5) is 14.4. The van der Waals surface area contributed by atoms with Crippen LogP contribution in [0.1, 0.15) is 24.1 Å². The van der Waals surface area contributed by atoms with Gasteiger partial charge < -0.3 is 10.2 Å². The van der Waals surface area contributed by atoms with Crippen LogP contribution in [0.2, 0.25) is 5.02 Å². The zero-order valence-electron chi connectivity index (χ0n) is 14.3. The largest absolute Gasteiger partial charge is 0.362 e. The molecule has 1 amide bonds. The highest BCUT2D eigenvalue weighted by molar-refractivity contribution is 7.89. The van der Waals surface area contributed by atoms with E-state index in [1.54, 1.807) is 18.2 Å². The van der Waals surface area contributed by atoms with Crippen LogP contribution >= 0.6 is 11.6 Å². The molecule has 1 atom stereocenters. The smallest absolute Gasteiger partial charge is 0.239 e. The van der Waals surface area contributed by atoms with Gasteiger partial charge in [-0.3, -0.25) is 4.79 Å². The molecular formula is C18H20ClN3O3S. The Labute approximate surface area is 158 Å². The number of anilines is 1. The Morgan fingerprint density at radius 1 is 1.31 bits per heavy atom. The molecule has 26 heavy (non-hydrogen) atoms. The minimum absolute atomic E-state index is 0.0946. The van der Waals surface area contributed by atoms with Crippen LogP contribution in [0, 0.1) is 0 Å². The average Bonchev–Trinajstić information content (AvgIpc) is 2.96. The molecule has 3 N–H and O–H groups in total.